The second kappa shape index (κ2) is 6.77. The molecule has 0 bridgehead atoms. The minimum Gasteiger partial charge on any atom is -0.385 e. The number of carbonyl (C=O) groups excluding carboxylic acids is 1. The van der Waals surface area contributed by atoms with Gasteiger partial charge in [0.05, 0.1) is 17.1 Å². The lowest BCUT2D eigenvalue weighted by Crippen LogP contribution is -2.36. The monoisotopic (exact) mass is 350 g/mol. The summed E-state index contributed by atoms with van der Waals surface area (Å²) < 4.78 is 60.3. The largest absolute Gasteiger partial charge is 0.416 e. The first-order valence-corrected chi connectivity index (χ1v) is 8.89. The Morgan fingerprint density at radius 1 is 1.30 bits per heavy atom. The van der Waals surface area contributed by atoms with Crippen molar-refractivity contribution in [2.24, 2.45) is 0 Å². The molecule has 0 aliphatic carbocycles. The van der Waals surface area contributed by atoms with E-state index in [1.165, 1.54) is 12.1 Å². The maximum Gasteiger partial charge on any atom is 0.416 e. The number of benzene rings is 1. The molecule has 1 fully saturated rings. The number of sulfone groups is 1. The van der Waals surface area contributed by atoms with Gasteiger partial charge in [-0.3, -0.25) is 4.79 Å². The highest BCUT2D eigenvalue weighted by molar-refractivity contribution is 7.91. The van der Waals surface area contributed by atoms with E-state index in [9.17, 15) is 26.4 Å². The van der Waals surface area contributed by atoms with Crippen molar-refractivity contribution >= 4 is 21.4 Å². The summed E-state index contributed by atoms with van der Waals surface area (Å²) in [5, 5.41) is 5.37. The molecule has 128 valence electrons. The zero-order valence-corrected chi connectivity index (χ0v) is 13.0. The summed E-state index contributed by atoms with van der Waals surface area (Å²) in [6.45, 7) is 0.159. The van der Waals surface area contributed by atoms with Gasteiger partial charge in [0.25, 0.3) is 0 Å². The maximum absolute atomic E-state index is 12.6. The van der Waals surface area contributed by atoms with E-state index < -0.39 is 21.6 Å². The van der Waals surface area contributed by atoms with Gasteiger partial charge in [0.2, 0.25) is 5.91 Å². The number of carbonyl (C=O) groups is 1. The van der Waals surface area contributed by atoms with Gasteiger partial charge in [0.15, 0.2) is 9.84 Å². The molecule has 5 nitrogen and oxygen atoms in total. The quantitative estimate of drug-likeness (QED) is 0.849. The summed E-state index contributed by atoms with van der Waals surface area (Å²) in [7, 11) is -3.06. The van der Waals surface area contributed by atoms with E-state index in [2.05, 4.69) is 10.6 Å². The van der Waals surface area contributed by atoms with Crippen LogP contribution < -0.4 is 10.6 Å². The van der Waals surface area contributed by atoms with E-state index in [4.69, 9.17) is 0 Å². The van der Waals surface area contributed by atoms with Crippen LogP contribution in [0, 0.1) is 0 Å². The molecule has 0 radical (unpaired) electrons. The lowest BCUT2D eigenvalue weighted by Gasteiger charge is -2.12. The Kier molecular flexibility index (Phi) is 5.18. The number of hydrogen-bond acceptors (Lipinski definition) is 4. The predicted octanol–water partition coefficient (Wildman–Crippen LogP) is 1.81. The number of anilines is 1. The molecule has 1 amide bonds. The van der Waals surface area contributed by atoms with Gasteiger partial charge in [-0.1, -0.05) is 6.07 Å². The molecule has 1 aliphatic rings. The zero-order valence-electron chi connectivity index (χ0n) is 12.2. The van der Waals surface area contributed by atoms with Crippen LogP contribution in [0.5, 0.6) is 0 Å². The van der Waals surface area contributed by atoms with Gasteiger partial charge in [-0.2, -0.15) is 13.2 Å². The molecule has 0 aromatic heterocycles. The summed E-state index contributed by atoms with van der Waals surface area (Å²) in [6, 6.07) is 4.34. The highest BCUT2D eigenvalue weighted by Gasteiger charge is 2.30. The Balaban J connectivity index is 1.78. The summed E-state index contributed by atoms with van der Waals surface area (Å²) in [5.41, 5.74) is -0.487. The molecule has 1 atom stereocenters. The van der Waals surface area contributed by atoms with Gasteiger partial charge < -0.3 is 10.6 Å². The van der Waals surface area contributed by atoms with Crippen molar-refractivity contribution in [2.45, 2.75) is 25.1 Å². The molecule has 1 unspecified atom stereocenters. The number of alkyl halides is 3. The molecule has 1 aliphatic heterocycles. The number of rotatable bonds is 5. The molecule has 0 saturated carbocycles. The van der Waals surface area contributed by atoms with Crippen molar-refractivity contribution in [1.82, 2.24) is 5.32 Å². The van der Waals surface area contributed by atoms with Crippen LogP contribution in [-0.2, 0) is 20.8 Å². The van der Waals surface area contributed by atoms with Crippen molar-refractivity contribution in [3.63, 3.8) is 0 Å². The molecule has 2 rings (SSSR count). The number of amides is 1. The van der Waals surface area contributed by atoms with E-state index >= 15 is 0 Å². The Hall–Kier alpha value is -1.77. The minimum absolute atomic E-state index is 0.0484. The van der Waals surface area contributed by atoms with E-state index in [0.717, 1.165) is 12.1 Å². The minimum atomic E-state index is -4.41. The molecule has 1 saturated heterocycles. The first kappa shape index (κ1) is 17.6. The van der Waals surface area contributed by atoms with Crippen LogP contribution in [0.1, 0.15) is 18.4 Å². The van der Waals surface area contributed by atoms with Gasteiger partial charge in [0, 0.05) is 24.7 Å². The van der Waals surface area contributed by atoms with Gasteiger partial charge in [-0.25, -0.2) is 8.42 Å². The Bertz CT molecular complexity index is 674. The summed E-state index contributed by atoms with van der Waals surface area (Å²) >= 11 is 0. The average Bonchev–Trinajstić information content (AvgIpc) is 2.77. The third kappa shape index (κ3) is 5.42. The molecule has 23 heavy (non-hydrogen) atoms. The van der Waals surface area contributed by atoms with Gasteiger partial charge in [-0.05, 0) is 24.6 Å². The molecule has 9 heteroatoms. The topological polar surface area (TPSA) is 75.3 Å². The third-order valence-electron chi connectivity index (χ3n) is 3.47. The Labute approximate surface area is 132 Å². The van der Waals surface area contributed by atoms with Crippen LogP contribution in [-0.4, -0.2) is 38.4 Å². The Morgan fingerprint density at radius 3 is 2.65 bits per heavy atom. The standard InChI is InChI=1S/C14H17F3N2O3S/c15-14(16,17)10-2-1-3-11(8-10)18-6-4-13(20)19-12-5-7-23(21,22)9-12/h1-3,8,12,18H,4-7,9H2,(H,19,20). The lowest BCUT2D eigenvalue weighted by atomic mass is 10.2. The molecule has 0 spiro atoms. The third-order valence-corrected chi connectivity index (χ3v) is 5.24. The smallest absolute Gasteiger partial charge is 0.385 e. The summed E-state index contributed by atoms with van der Waals surface area (Å²) in [5.74, 6) is -0.313. The van der Waals surface area contributed by atoms with Crippen LogP contribution in [0.15, 0.2) is 24.3 Å². The van der Waals surface area contributed by atoms with Crippen molar-refractivity contribution < 1.29 is 26.4 Å². The number of nitrogens with one attached hydrogen (secondary N) is 2. The Morgan fingerprint density at radius 2 is 2.04 bits per heavy atom. The van der Waals surface area contributed by atoms with Crippen molar-refractivity contribution in [1.29, 1.82) is 0 Å². The molecule has 1 aromatic carbocycles. The first-order valence-electron chi connectivity index (χ1n) is 7.07. The van der Waals surface area contributed by atoms with Gasteiger partial charge in [0.1, 0.15) is 0 Å². The van der Waals surface area contributed by atoms with Crippen molar-refractivity contribution in [3.8, 4) is 0 Å². The van der Waals surface area contributed by atoms with E-state index in [-0.39, 0.29) is 42.1 Å². The SMILES string of the molecule is O=C(CCNc1cccc(C(F)(F)F)c1)NC1CCS(=O)(=O)C1. The van der Waals surface area contributed by atoms with Crippen LogP contribution in [0.4, 0.5) is 18.9 Å². The number of hydrogen-bond donors (Lipinski definition) is 2. The molecule has 1 heterocycles. The highest BCUT2D eigenvalue weighted by atomic mass is 32.2. The molecular formula is C14H17F3N2O3S. The maximum atomic E-state index is 12.6. The highest BCUT2D eigenvalue weighted by Crippen LogP contribution is 2.30. The predicted molar refractivity (Wildman–Crippen MR) is 79.8 cm³/mol. The van der Waals surface area contributed by atoms with Crippen LogP contribution in [0.25, 0.3) is 0 Å². The van der Waals surface area contributed by atoms with Gasteiger partial charge >= 0.3 is 6.18 Å². The van der Waals surface area contributed by atoms with Crippen LogP contribution in [0.3, 0.4) is 0 Å². The fraction of sp³-hybridized carbons (Fsp3) is 0.500. The molecule has 1 aromatic rings. The fourth-order valence-electron chi connectivity index (χ4n) is 2.33. The van der Waals surface area contributed by atoms with Crippen LogP contribution >= 0.6 is 0 Å². The second-order valence-corrected chi connectivity index (χ2v) is 7.65. The van der Waals surface area contributed by atoms with E-state index in [1.807, 2.05) is 0 Å². The van der Waals surface area contributed by atoms with Crippen molar-refractivity contribution in [2.75, 3.05) is 23.4 Å². The second-order valence-electron chi connectivity index (χ2n) is 5.42. The van der Waals surface area contributed by atoms with Gasteiger partial charge in [-0.15, -0.1) is 0 Å². The normalized spacial score (nSPS) is 20.2. The molecular weight excluding hydrogens is 333 g/mol. The van der Waals surface area contributed by atoms with E-state index in [0.29, 0.717) is 6.42 Å². The summed E-state index contributed by atoms with van der Waals surface area (Å²) in [6.07, 6.45) is -3.97. The van der Waals surface area contributed by atoms with Crippen molar-refractivity contribution in [3.05, 3.63) is 29.8 Å². The van der Waals surface area contributed by atoms with Crippen LogP contribution in [0.2, 0.25) is 0 Å². The number of halogens is 3. The summed E-state index contributed by atoms with van der Waals surface area (Å²) in [4.78, 5) is 11.7. The fourth-order valence-corrected chi connectivity index (χ4v) is 4.01. The lowest BCUT2D eigenvalue weighted by molar-refractivity contribution is -0.137. The average molecular weight is 350 g/mol. The zero-order chi connectivity index (χ0) is 17.1. The first-order chi connectivity index (χ1) is 10.7. The van der Waals surface area contributed by atoms with E-state index in [1.54, 1.807) is 0 Å². The molecule has 2 N–H and O–H groups in total.